The number of ketones is 1. The van der Waals surface area contributed by atoms with Crippen molar-refractivity contribution in [3.05, 3.63) is 23.0 Å². The van der Waals surface area contributed by atoms with Crippen LogP contribution < -0.4 is 0 Å². The first-order valence-electron chi connectivity index (χ1n) is 4.56. The Morgan fingerprint density at radius 2 is 2.21 bits per heavy atom. The standard InChI is InChI=1S/C10H11NO3/c1-11-7(10(13)14)5-6-3-2-4-8(12)9(6)11/h5H,2-4H2,1H3,(H,13,14). The van der Waals surface area contributed by atoms with Gasteiger partial charge in [-0.15, -0.1) is 0 Å². The third-order valence-electron chi connectivity index (χ3n) is 2.65. The Morgan fingerprint density at radius 1 is 1.50 bits per heavy atom. The number of hydrogen-bond donors (Lipinski definition) is 1. The maximum atomic E-state index is 11.5. The van der Waals surface area contributed by atoms with Gasteiger partial charge in [0.25, 0.3) is 0 Å². The van der Waals surface area contributed by atoms with E-state index in [1.165, 1.54) is 4.57 Å². The van der Waals surface area contributed by atoms with E-state index in [0.717, 1.165) is 18.4 Å². The number of hydrogen-bond acceptors (Lipinski definition) is 2. The van der Waals surface area contributed by atoms with Crippen molar-refractivity contribution in [3.8, 4) is 0 Å². The summed E-state index contributed by atoms with van der Waals surface area (Å²) in [4.78, 5) is 22.3. The smallest absolute Gasteiger partial charge is 0.352 e. The van der Waals surface area contributed by atoms with Gasteiger partial charge in [0, 0.05) is 13.5 Å². The van der Waals surface area contributed by atoms with Crippen LogP contribution in [0.25, 0.3) is 0 Å². The molecule has 74 valence electrons. The number of aryl methyl sites for hydroxylation is 1. The van der Waals surface area contributed by atoms with E-state index in [-0.39, 0.29) is 11.5 Å². The second-order valence-corrected chi connectivity index (χ2v) is 3.54. The quantitative estimate of drug-likeness (QED) is 0.730. The fraction of sp³-hybridized carbons (Fsp3) is 0.400. The van der Waals surface area contributed by atoms with Crippen LogP contribution in [0.5, 0.6) is 0 Å². The third-order valence-corrected chi connectivity index (χ3v) is 2.65. The molecule has 0 saturated carbocycles. The molecule has 0 unspecified atom stereocenters. The predicted molar refractivity (Wildman–Crippen MR) is 49.6 cm³/mol. The number of nitrogens with zero attached hydrogens (tertiary/aromatic N) is 1. The van der Waals surface area contributed by atoms with Crippen molar-refractivity contribution in [1.82, 2.24) is 4.57 Å². The van der Waals surface area contributed by atoms with E-state index in [1.807, 2.05) is 0 Å². The Labute approximate surface area is 81.2 Å². The van der Waals surface area contributed by atoms with Gasteiger partial charge in [-0.05, 0) is 24.5 Å². The maximum Gasteiger partial charge on any atom is 0.352 e. The summed E-state index contributed by atoms with van der Waals surface area (Å²) < 4.78 is 1.49. The number of carbonyl (C=O) groups is 2. The van der Waals surface area contributed by atoms with Gasteiger partial charge in [0.2, 0.25) is 0 Å². The summed E-state index contributed by atoms with van der Waals surface area (Å²) >= 11 is 0. The minimum atomic E-state index is -0.977. The molecule has 4 nitrogen and oxygen atoms in total. The molecular formula is C10H11NO3. The van der Waals surface area contributed by atoms with E-state index >= 15 is 0 Å². The molecule has 1 heterocycles. The lowest BCUT2D eigenvalue weighted by Crippen LogP contribution is -2.15. The van der Waals surface area contributed by atoms with E-state index in [9.17, 15) is 9.59 Å². The summed E-state index contributed by atoms with van der Waals surface area (Å²) in [7, 11) is 1.63. The van der Waals surface area contributed by atoms with Crippen LogP contribution in [0.3, 0.4) is 0 Å². The minimum absolute atomic E-state index is 0.0567. The molecule has 1 N–H and O–H groups in total. The van der Waals surface area contributed by atoms with Crippen molar-refractivity contribution in [2.45, 2.75) is 19.3 Å². The first-order chi connectivity index (χ1) is 6.61. The highest BCUT2D eigenvalue weighted by atomic mass is 16.4. The SMILES string of the molecule is Cn1c(C(=O)O)cc2c1C(=O)CCC2. The molecule has 0 spiro atoms. The summed E-state index contributed by atoms with van der Waals surface area (Å²) in [6.07, 6.45) is 2.17. The van der Waals surface area contributed by atoms with Crippen LogP contribution in [0.2, 0.25) is 0 Å². The van der Waals surface area contributed by atoms with Crippen LogP contribution in [0.15, 0.2) is 6.07 Å². The number of carbonyl (C=O) groups excluding carboxylic acids is 1. The Morgan fingerprint density at radius 3 is 2.79 bits per heavy atom. The zero-order chi connectivity index (χ0) is 10.3. The number of carboxylic acids is 1. The lowest BCUT2D eigenvalue weighted by Gasteiger charge is -2.11. The zero-order valence-corrected chi connectivity index (χ0v) is 7.91. The fourth-order valence-electron chi connectivity index (χ4n) is 1.99. The van der Waals surface area contributed by atoms with E-state index in [2.05, 4.69) is 0 Å². The molecule has 0 aliphatic heterocycles. The molecule has 0 bridgehead atoms. The van der Waals surface area contributed by atoms with Gasteiger partial charge < -0.3 is 9.67 Å². The molecule has 1 aromatic heterocycles. The molecule has 4 heteroatoms. The number of aromatic carboxylic acids is 1. The van der Waals surface area contributed by atoms with E-state index in [1.54, 1.807) is 13.1 Å². The summed E-state index contributed by atoms with van der Waals surface area (Å²) in [5.74, 6) is -0.920. The van der Waals surface area contributed by atoms with Crippen molar-refractivity contribution in [3.63, 3.8) is 0 Å². The molecule has 0 amide bonds. The van der Waals surface area contributed by atoms with Crippen LogP contribution >= 0.6 is 0 Å². The maximum absolute atomic E-state index is 11.5. The first-order valence-corrected chi connectivity index (χ1v) is 4.56. The third kappa shape index (κ3) is 1.14. The second kappa shape index (κ2) is 2.97. The van der Waals surface area contributed by atoms with Gasteiger partial charge in [0.1, 0.15) is 5.69 Å². The molecule has 2 rings (SSSR count). The molecule has 1 aliphatic rings. The molecule has 1 aliphatic carbocycles. The molecule has 14 heavy (non-hydrogen) atoms. The van der Waals surface area contributed by atoms with Gasteiger partial charge in [0.05, 0.1) is 5.69 Å². The predicted octanol–water partition coefficient (Wildman–Crippen LogP) is 1.24. The monoisotopic (exact) mass is 193 g/mol. The van der Waals surface area contributed by atoms with Gasteiger partial charge in [-0.25, -0.2) is 4.79 Å². The number of rotatable bonds is 1. The van der Waals surface area contributed by atoms with Gasteiger partial charge >= 0.3 is 5.97 Å². The normalized spacial score (nSPS) is 15.4. The number of aromatic nitrogens is 1. The molecule has 0 aromatic carbocycles. The van der Waals surface area contributed by atoms with Crippen molar-refractivity contribution in [2.24, 2.45) is 7.05 Å². The minimum Gasteiger partial charge on any atom is -0.477 e. The molecule has 0 atom stereocenters. The number of fused-ring (bicyclic) bond motifs is 1. The summed E-state index contributed by atoms with van der Waals surface area (Å²) in [6, 6.07) is 1.61. The highest BCUT2D eigenvalue weighted by molar-refractivity contribution is 5.99. The summed E-state index contributed by atoms with van der Waals surface area (Å²) in [5, 5.41) is 8.87. The van der Waals surface area contributed by atoms with Crippen LogP contribution in [0, 0.1) is 0 Å². The average Bonchev–Trinajstić information content (AvgIpc) is 2.45. The largest absolute Gasteiger partial charge is 0.477 e. The Kier molecular flexibility index (Phi) is 1.91. The average molecular weight is 193 g/mol. The molecular weight excluding hydrogens is 182 g/mol. The molecule has 0 fully saturated rings. The second-order valence-electron chi connectivity index (χ2n) is 3.54. The summed E-state index contributed by atoms with van der Waals surface area (Å²) in [6.45, 7) is 0. The van der Waals surface area contributed by atoms with E-state index < -0.39 is 5.97 Å². The van der Waals surface area contributed by atoms with E-state index in [4.69, 9.17) is 5.11 Å². The van der Waals surface area contributed by atoms with E-state index in [0.29, 0.717) is 12.1 Å². The number of carboxylic acid groups (broad SMARTS) is 1. The van der Waals surface area contributed by atoms with Crippen molar-refractivity contribution >= 4 is 11.8 Å². The van der Waals surface area contributed by atoms with Gasteiger partial charge in [-0.2, -0.15) is 0 Å². The topological polar surface area (TPSA) is 59.3 Å². The van der Waals surface area contributed by atoms with Gasteiger partial charge in [-0.1, -0.05) is 0 Å². The Hall–Kier alpha value is -1.58. The Bertz CT molecular complexity index is 417. The molecule has 1 aromatic rings. The van der Waals surface area contributed by atoms with Crippen molar-refractivity contribution in [1.29, 1.82) is 0 Å². The van der Waals surface area contributed by atoms with Crippen LogP contribution in [0.1, 0.15) is 39.4 Å². The highest BCUT2D eigenvalue weighted by Crippen LogP contribution is 2.24. The zero-order valence-electron chi connectivity index (χ0n) is 7.91. The first kappa shape index (κ1) is 8.99. The molecule has 0 saturated heterocycles. The fourth-order valence-corrected chi connectivity index (χ4v) is 1.99. The lowest BCUT2D eigenvalue weighted by molar-refractivity contribution is 0.0686. The molecule has 0 radical (unpaired) electrons. The van der Waals surface area contributed by atoms with Crippen molar-refractivity contribution in [2.75, 3.05) is 0 Å². The van der Waals surface area contributed by atoms with Crippen LogP contribution in [0.4, 0.5) is 0 Å². The lowest BCUT2D eigenvalue weighted by atomic mass is 9.97. The van der Waals surface area contributed by atoms with Gasteiger partial charge in [0.15, 0.2) is 5.78 Å². The summed E-state index contributed by atoms with van der Waals surface area (Å²) in [5.41, 5.74) is 1.65. The van der Waals surface area contributed by atoms with Crippen LogP contribution in [-0.2, 0) is 13.5 Å². The van der Waals surface area contributed by atoms with Gasteiger partial charge in [-0.3, -0.25) is 4.79 Å². The van der Waals surface area contributed by atoms with Crippen molar-refractivity contribution < 1.29 is 14.7 Å². The Balaban J connectivity index is 2.60. The highest BCUT2D eigenvalue weighted by Gasteiger charge is 2.24. The van der Waals surface area contributed by atoms with Crippen LogP contribution in [-0.4, -0.2) is 21.4 Å². The number of Topliss-reactive ketones (excluding diaryl/α,β-unsaturated/α-hetero) is 1.